The fourth-order valence-electron chi connectivity index (χ4n) is 2.40. The molecule has 0 aliphatic carbocycles. The number of rotatable bonds is 3. The van der Waals surface area contributed by atoms with Crippen LogP contribution in [0.2, 0.25) is 0 Å². The molecule has 0 radical (unpaired) electrons. The summed E-state index contributed by atoms with van der Waals surface area (Å²) in [7, 11) is 0. The average molecular weight is 282 g/mol. The molecule has 2 aromatic heterocycles. The number of fused-ring (bicyclic) bond motifs is 1. The van der Waals surface area contributed by atoms with Gasteiger partial charge >= 0.3 is 0 Å². The standard InChI is InChI=1S/C15H14N4O2/c1-10-5-6-11(8-14(10)19(20)21)15-17-12(9-16)13-4-2-3-7-18(13)15/h2-8H,9,16H2,1H3. The van der Waals surface area contributed by atoms with Crippen molar-refractivity contribution in [3.8, 4) is 11.4 Å². The van der Waals surface area contributed by atoms with E-state index in [-0.39, 0.29) is 10.6 Å². The van der Waals surface area contributed by atoms with Gasteiger partial charge in [0.25, 0.3) is 5.69 Å². The van der Waals surface area contributed by atoms with Gasteiger partial charge in [0.1, 0.15) is 5.82 Å². The summed E-state index contributed by atoms with van der Waals surface area (Å²) in [6.45, 7) is 2.04. The summed E-state index contributed by atoms with van der Waals surface area (Å²) in [5, 5.41) is 11.1. The number of nitro benzene ring substituents is 1. The Morgan fingerprint density at radius 1 is 1.33 bits per heavy atom. The Balaban J connectivity index is 2.26. The van der Waals surface area contributed by atoms with Crippen LogP contribution in [-0.4, -0.2) is 14.3 Å². The number of benzene rings is 1. The smallest absolute Gasteiger partial charge is 0.273 e. The van der Waals surface area contributed by atoms with Crippen molar-refractivity contribution in [3.05, 3.63) is 64.0 Å². The van der Waals surface area contributed by atoms with Crippen molar-refractivity contribution in [2.24, 2.45) is 5.73 Å². The normalized spacial score (nSPS) is 11.0. The van der Waals surface area contributed by atoms with Gasteiger partial charge in [-0.25, -0.2) is 4.98 Å². The minimum atomic E-state index is -0.377. The molecule has 3 rings (SSSR count). The maximum Gasteiger partial charge on any atom is 0.273 e. The second-order valence-electron chi connectivity index (χ2n) is 4.80. The Labute approximate surface area is 121 Å². The van der Waals surface area contributed by atoms with Crippen LogP contribution >= 0.6 is 0 Å². The summed E-state index contributed by atoms with van der Waals surface area (Å²) < 4.78 is 1.90. The number of pyridine rings is 1. The Bertz CT molecular complexity index is 839. The SMILES string of the molecule is Cc1ccc(-c2nc(CN)c3ccccn23)cc1[N+](=O)[O-]. The molecule has 0 saturated heterocycles. The molecule has 6 heteroatoms. The average Bonchev–Trinajstić information content (AvgIpc) is 2.86. The quantitative estimate of drug-likeness (QED) is 0.591. The molecule has 106 valence electrons. The molecular weight excluding hydrogens is 268 g/mol. The summed E-state index contributed by atoms with van der Waals surface area (Å²) >= 11 is 0. The zero-order valence-electron chi connectivity index (χ0n) is 11.5. The molecule has 0 fully saturated rings. The minimum Gasteiger partial charge on any atom is -0.325 e. The van der Waals surface area contributed by atoms with Crippen LogP contribution in [0.1, 0.15) is 11.3 Å². The Kier molecular flexibility index (Phi) is 3.15. The minimum absolute atomic E-state index is 0.0921. The van der Waals surface area contributed by atoms with Gasteiger partial charge in [0.05, 0.1) is 16.1 Å². The molecule has 2 N–H and O–H groups in total. The number of hydrogen-bond acceptors (Lipinski definition) is 4. The molecule has 0 unspecified atom stereocenters. The highest BCUT2D eigenvalue weighted by molar-refractivity contribution is 5.68. The van der Waals surface area contributed by atoms with E-state index in [0.29, 0.717) is 23.5 Å². The molecule has 0 aliphatic rings. The van der Waals surface area contributed by atoms with Crippen molar-refractivity contribution in [3.63, 3.8) is 0 Å². The highest BCUT2D eigenvalue weighted by Crippen LogP contribution is 2.27. The van der Waals surface area contributed by atoms with Crippen LogP contribution in [0, 0.1) is 17.0 Å². The number of nitrogens with two attached hydrogens (primary N) is 1. The first-order valence-electron chi connectivity index (χ1n) is 6.53. The van der Waals surface area contributed by atoms with Crippen LogP contribution in [0.3, 0.4) is 0 Å². The van der Waals surface area contributed by atoms with Crippen LogP contribution in [-0.2, 0) is 6.54 Å². The highest BCUT2D eigenvalue weighted by atomic mass is 16.6. The predicted molar refractivity (Wildman–Crippen MR) is 79.9 cm³/mol. The summed E-state index contributed by atoms with van der Waals surface area (Å²) in [5.74, 6) is 0.661. The lowest BCUT2D eigenvalue weighted by molar-refractivity contribution is -0.385. The summed E-state index contributed by atoms with van der Waals surface area (Å²) in [5.41, 5.74) is 8.84. The van der Waals surface area contributed by atoms with Gasteiger partial charge < -0.3 is 5.73 Å². The van der Waals surface area contributed by atoms with Crippen LogP contribution in [0.25, 0.3) is 16.9 Å². The maximum absolute atomic E-state index is 11.1. The van der Waals surface area contributed by atoms with Gasteiger partial charge in [-0.1, -0.05) is 18.2 Å². The third-order valence-electron chi connectivity index (χ3n) is 3.48. The van der Waals surface area contributed by atoms with Crippen LogP contribution < -0.4 is 5.73 Å². The summed E-state index contributed by atoms with van der Waals surface area (Å²) in [4.78, 5) is 15.2. The van der Waals surface area contributed by atoms with E-state index in [1.54, 1.807) is 19.1 Å². The van der Waals surface area contributed by atoms with E-state index in [1.807, 2.05) is 34.9 Å². The molecule has 2 heterocycles. The van der Waals surface area contributed by atoms with Crippen molar-refractivity contribution in [1.29, 1.82) is 0 Å². The lowest BCUT2D eigenvalue weighted by atomic mass is 10.1. The first kappa shape index (κ1) is 13.3. The lowest BCUT2D eigenvalue weighted by Gasteiger charge is -2.03. The van der Waals surface area contributed by atoms with Crippen LogP contribution in [0.5, 0.6) is 0 Å². The number of aryl methyl sites for hydroxylation is 1. The number of imidazole rings is 1. The van der Waals surface area contributed by atoms with Gasteiger partial charge in [0.2, 0.25) is 0 Å². The predicted octanol–water partition coefficient (Wildman–Crippen LogP) is 2.68. The van der Waals surface area contributed by atoms with Crippen molar-refractivity contribution < 1.29 is 4.92 Å². The summed E-state index contributed by atoms with van der Waals surface area (Å²) in [6.07, 6.45) is 1.88. The number of hydrogen-bond donors (Lipinski definition) is 1. The third-order valence-corrected chi connectivity index (χ3v) is 3.48. The Hall–Kier alpha value is -2.73. The number of nitro groups is 1. The third kappa shape index (κ3) is 2.15. The van der Waals surface area contributed by atoms with Crippen molar-refractivity contribution in [2.45, 2.75) is 13.5 Å². The first-order chi connectivity index (χ1) is 10.1. The van der Waals surface area contributed by atoms with E-state index < -0.39 is 0 Å². The Morgan fingerprint density at radius 3 is 2.86 bits per heavy atom. The zero-order valence-corrected chi connectivity index (χ0v) is 11.5. The second kappa shape index (κ2) is 4.99. The zero-order chi connectivity index (χ0) is 15.0. The van der Waals surface area contributed by atoms with Crippen molar-refractivity contribution in [1.82, 2.24) is 9.38 Å². The summed E-state index contributed by atoms with van der Waals surface area (Å²) in [6, 6.07) is 10.9. The first-order valence-corrected chi connectivity index (χ1v) is 6.53. The highest BCUT2D eigenvalue weighted by Gasteiger charge is 2.16. The molecular formula is C15H14N4O2. The van der Waals surface area contributed by atoms with Crippen LogP contribution in [0.15, 0.2) is 42.6 Å². The van der Waals surface area contributed by atoms with Crippen molar-refractivity contribution >= 4 is 11.2 Å². The fourth-order valence-corrected chi connectivity index (χ4v) is 2.40. The number of nitrogens with zero attached hydrogens (tertiary/aromatic N) is 3. The van der Waals surface area contributed by atoms with Gasteiger partial charge in [0.15, 0.2) is 0 Å². The largest absolute Gasteiger partial charge is 0.325 e. The van der Waals surface area contributed by atoms with Gasteiger partial charge in [-0.2, -0.15) is 0 Å². The molecule has 6 nitrogen and oxygen atoms in total. The molecule has 0 bridgehead atoms. The van der Waals surface area contributed by atoms with Gasteiger partial charge in [-0.05, 0) is 19.1 Å². The molecule has 0 saturated carbocycles. The van der Waals surface area contributed by atoms with E-state index in [2.05, 4.69) is 4.98 Å². The Morgan fingerprint density at radius 2 is 2.14 bits per heavy atom. The van der Waals surface area contributed by atoms with Crippen LogP contribution in [0.4, 0.5) is 5.69 Å². The molecule has 0 amide bonds. The van der Waals surface area contributed by atoms with Gasteiger partial charge in [-0.3, -0.25) is 14.5 Å². The molecule has 1 aromatic carbocycles. The second-order valence-corrected chi connectivity index (χ2v) is 4.80. The molecule has 21 heavy (non-hydrogen) atoms. The number of aromatic nitrogens is 2. The molecule has 3 aromatic rings. The molecule has 0 spiro atoms. The van der Waals surface area contributed by atoms with E-state index in [4.69, 9.17) is 5.73 Å². The monoisotopic (exact) mass is 282 g/mol. The molecule has 0 atom stereocenters. The molecule has 0 aliphatic heterocycles. The van der Waals surface area contributed by atoms with Crippen molar-refractivity contribution in [2.75, 3.05) is 0 Å². The van der Waals surface area contributed by atoms with E-state index in [9.17, 15) is 10.1 Å². The van der Waals surface area contributed by atoms with E-state index in [1.165, 1.54) is 0 Å². The maximum atomic E-state index is 11.1. The van der Waals surface area contributed by atoms with Gasteiger partial charge in [-0.15, -0.1) is 0 Å². The fraction of sp³-hybridized carbons (Fsp3) is 0.133. The van der Waals surface area contributed by atoms with E-state index in [0.717, 1.165) is 11.2 Å². The van der Waals surface area contributed by atoms with Gasteiger partial charge in [0, 0.05) is 29.9 Å². The lowest BCUT2D eigenvalue weighted by Crippen LogP contribution is -1.96. The van der Waals surface area contributed by atoms with E-state index >= 15 is 0 Å². The topological polar surface area (TPSA) is 86.5 Å².